The molecule has 10 heteroatoms. The predicted octanol–water partition coefficient (Wildman–Crippen LogP) is 2.79. The zero-order valence-electron chi connectivity index (χ0n) is 17.5. The Morgan fingerprint density at radius 3 is 2.81 bits per heavy atom. The Balaban J connectivity index is 1.43. The number of amides is 2. The minimum absolute atomic E-state index is 0.0430. The van der Waals surface area contributed by atoms with Crippen molar-refractivity contribution in [1.82, 2.24) is 19.7 Å². The summed E-state index contributed by atoms with van der Waals surface area (Å²) in [7, 11) is 0. The Labute approximate surface area is 184 Å². The van der Waals surface area contributed by atoms with Gasteiger partial charge in [0, 0.05) is 42.2 Å². The van der Waals surface area contributed by atoms with Gasteiger partial charge in [-0.2, -0.15) is 5.10 Å². The van der Waals surface area contributed by atoms with Crippen molar-refractivity contribution >= 4 is 23.3 Å². The number of nitro groups is 1. The van der Waals surface area contributed by atoms with E-state index in [-0.39, 0.29) is 17.5 Å². The van der Waals surface area contributed by atoms with Gasteiger partial charge in [0.25, 0.3) is 11.6 Å². The van der Waals surface area contributed by atoms with Crippen molar-refractivity contribution in [3.63, 3.8) is 0 Å². The summed E-state index contributed by atoms with van der Waals surface area (Å²) in [6, 6.07) is 10.9. The van der Waals surface area contributed by atoms with Gasteiger partial charge in [-0.15, -0.1) is 0 Å². The van der Waals surface area contributed by atoms with Crippen molar-refractivity contribution in [2.45, 2.75) is 32.4 Å². The number of hydrogen-bond donors (Lipinski definition) is 1. The van der Waals surface area contributed by atoms with Gasteiger partial charge in [-0.1, -0.05) is 6.07 Å². The van der Waals surface area contributed by atoms with Crippen LogP contribution in [0.15, 0.2) is 54.9 Å². The summed E-state index contributed by atoms with van der Waals surface area (Å²) in [6.45, 7) is 2.51. The fourth-order valence-electron chi connectivity index (χ4n) is 3.83. The number of nitrogens with zero attached hydrogens (tertiary/aromatic N) is 5. The molecule has 1 fully saturated rings. The van der Waals surface area contributed by atoms with Crippen LogP contribution >= 0.6 is 0 Å². The molecule has 164 valence electrons. The summed E-state index contributed by atoms with van der Waals surface area (Å²) < 4.78 is 1.68. The number of likely N-dealkylation sites (tertiary alicyclic amines) is 1. The van der Waals surface area contributed by atoms with Crippen LogP contribution in [0.3, 0.4) is 0 Å². The Morgan fingerprint density at radius 2 is 2.09 bits per heavy atom. The summed E-state index contributed by atoms with van der Waals surface area (Å²) in [6.07, 6.45) is 4.70. The maximum Gasteiger partial charge on any atom is 0.272 e. The van der Waals surface area contributed by atoms with Gasteiger partial charge in [-0.25, -0.2) is 0 Å². The van der Waals surface area contributed by atoms with E-state index in [1.165, 1.54) is 23.1 Å². The second-order valence-corrected chi connectivity index (χ2v) is 7.62. The highest BCUT2D eigenvalue weighted by atomic mass is 16.6. The Bertz CT molecular complexity index is 1160. The molecule has 1 saturated heterocycles. The zero-order chi connectivity index (χ0) is 22.7. The van der Waals surface area contributed by atoms with Crippen LogP contribution in [0.5, 0.6) is 0 Å². The summed E-state index contributed by atoms with van der Waals surface area (Å²) in [5.41, 5.74) is 1.53. The normalized spacial score (nSPS) is 15.5. The molecule has 1 aromatic carbocycles. The third kappa shape index (κ3) is 4.48. The first kappa shape index (κ1) is 21.2. The van der Waals surface area contributed by atoms with Crippen LogP contribution in [0.1, 0.15) is 34.5 Å². The van der Waals surface area contributed by atoms with E-state index < -0.39 is 11.0 Å². The summed E-state index contributed by atoms with van der Waals surface area (Å²) in [5, 5.41) is 18.2. The Hall–Kier alpha value is -4.08. The largest absolute Gasteiger partial charge is 0.327 e. The molecule has 0 spiro atoms. The van der Waals surface area contributed by atoms with E-state index in [0.29, 0.717) is 42.9 Å². The quantitative estimate of drug-likeness (QED) is 0.470. The van der Waals surface area contributed by atoms with E-state index in [2.05, 4.69) is 15.4 Å². The molecule has 2 amide bonds. The highest BCUT2D eigenvalue weighted by molar-refractivity contribution is 6.01. The lowest BCUT2D eigenvalue weighted by Gasteiger charge is -2.23. The number of aryl methyl sites for hydroxylation is 1. The number of rotatable bonds is 6. The minimum atomic E-state index is -0.626. The van der Waals surface area contributed by atoms with Crippen LogP contribution < -0.4 is 5.32 Å². The molecule has 0 saturated carbocycles. The number of pyridine rings is 1. The second kappa shape index (κ2) is 8.96. The summed E-state index contributed by atoms with van der Waals surface area (Å²) >= 11 is 0. The molecule has 10 nitrogen and oxygen atoms in total. The van der Waals surface area contributed by atoms with Crippen molar-refractivity contribution in [3.05, 3.63) is 81.8 Å². The standard InChI is InChI=1S/C22H22N6O4/c1-15-13-16(7-8-18(15)28(31)32)22(30)27-11-4-6-19(27)21(29)24-20-9-12-26(25-20)14-17-5-2-3-10-23-17/h2-3,5,7-10,12-13,19H,4,6,11,14H2,1H3,(H,24,25,29). The molecule has 4 rings (SSSR count). The Kier molecular flexibility index (Phi) is 5.93. The molecular formula is C22H22N6O4. The number of carbonyl (C=O) groups is 2. The maximum absolute atomic E-state index is 13.0. The van der Waals surface area contributed by atoms with E-state index in [9.17, 15) is 19.7 Å². The number of nitro benzene ring substituents is 1. The average molecular weight is 434 g/mol. The predicted molar refractivity (Wildman–Crippen MR) is 116 cm³/mol. The molecule has 3 heterocycles. The topological polar surface area (TPSA) is 123 Å². The zero-order valence-corrected chi connectivity index (χ0v) is 17.5. The highest BCUT2D eigenvalue weighted by Crippen LogP contribution is 2.24. The number of anilines is 1. The molecule has 1 unspecified atom stereocenters. The van der Waals surface area contributed by atoms with Crippen LogP contribution in [0.25, 0.3) is 0 Å². The van der Waals surface area contributed by atoms with Gasteiger partial charge in [-0.3, -0.25) is 29.4 Å². The van der Waals surface area contributed by atoms with Gasteiger partial charge < -0.3 is 10.2 Å². The molecule has 1 aliphatic heterocycles. The Morgan fingerprint density at radius 1 is 1.25 bits per heavy atom. The van der Waals surface area contributed by atoms with Crippen molar-refractivity contribution in [1.29, 1.82) is 0 Å². The number of hydrogen-bond acceptors (Lipinski definition) is 6. The van der Waals surface area contributed by atoms with Crippen LogP contribution in [0.4, 0.5) is 11.5 Å². The molecule has 3 aromatic rings. The molecule has 0 radical (unpaired) electrons. The van der Waals surface area contributed by atoms with Crippen molar-refractivity contribution < 1.29 is 14.5 Å². The van der Waals surface area contributed by atoms with Gasteiger partial charge in [0.05, 0.1) is 17.2 Å². The van der Waals surface area contributed by atoms with Crippen molar-refractivity contribution in [3.8, 4) is 0 Å². The first-order valence-corrected chi connectivity index (χ1v) is 10.2. The molecule has 2 aromatic heterocycles. The third-order valence-corrected chi connectivity index (χ3v) is 5.40. The summed E-state index contributed by atoms with van der Waals surface area (Å²) in [5.74, 6) is -0.227. The van der Waals surface area contributed by atoms with Crippen LogP contribution in [0, 0.1) is 17.0 Å². The van der Waals surface area contributed by atoms with E-state index >= 15 is 0 Å². The monoisotopic (exact) mass is 434 g/mol. The first-order valence-electron chi connectivity index (χ1n) is 10.2. The molecular weight excluding hydrogens is 412 g/mol. The van der Waals surface area contributed by atoms with Crippen LogP contribution in [-0.2, 0) is 11.3 Å². The van der Waals surface area contributed by atoms with Crippen molar-refractivity contribution in [2.75, 3.05) is 11.9 Å². The van der Waals surface area contributed by atoms with Gasteiger partial charge in [-0.05, 0) is 44.0 Å². The number of aromatic nitrogens is 3. The first-order chi connectivity index (χ1) is 15.4. The highest BCUT2D eigenvalue weighted by Gasteiger charge is 2.35. The van der Waals surface area contributed by atoms with Gasteiger partial charge in [0.15, 0.2) is 5.82 Å². The molecule has 1 aliphatic rings. The van der Waals surface area contributed by atoms with Gasteiger partial charge in [0.2, 0.25) is 5.91 Å². The summed E-state index contributed by atoms with van der Waals surface area (Å²) in [4.78, 5) is 42.2. The molecule has 1 N–H and O–H groups in total. The molecule has 1 atom stereocenters. The average Bonchev–Trinajstić information content (AvgIpc) is 3.43. The lowest BCUT2D eigenvalue weighted by Crippen LogP contribution is -2.43. The SMILES string of the molecule is Cc1cc(C(=O)N2CCCC2C(=O)Nc2ccn(Cc3ccccn3)n2)ccc1[N+](=O)[O-]. The fraction of sp³-hybridized carbons (Fsp3) is 0.273. The lowest BCUT2D eigenvalue weighted by molar-refractivity contribution is -0.385. The number of carbonyl (C=O) groups excluding carboxylic acids is 2. The fourth-order valence-corrected chi connectivity index (χ4v) is 3.83. The van der Waals surface area contributed by atoms with Gasteiger partial charge in [0.1, 0.15) is 6.04 Å². The van der Waals surface area contributed by atoms with E-state index in [1.54, 1.807) is 30.1 Å². The number of benzene rings is 1. The molecule has 32 heavy (non-hydrogen) atoms. The van der Waals surface area contributed by atoms with Crippen LogP contribution in [-0.4, -0.2) is 49.0 Å². The van der Waals surface area contributed by atoms with E-state index in [0.717, 1.165) is 5.69 Å². The maximum atomic E-state index is 13.0. The van der Waals surface area contributed by atoms with Crippen LogP contribution in [0.2, 0.25) is 0 Å². The molecule has 0 bridgehead atoms. The minimum Gasteiger partial charge on any atom is -0.327 e. The molecule has 0 aliphatic carbocycles. The van der Waals surface area contributed by atoms with E-state index in [4.69, 9.17) is 0 Å². The third-order valence-electron chi connectivity index (χ3n) is 5.40. The number of nitrogens with one attached hydrogen (secondary N) is 1. The second-order valence-electron chi connectivity index (χ2n) is 7.62. The lowest BCUT2D eigenvalue weighted by atomic mass is 10.1. The smallest absolute Gasteiger partial charge is 0.272 e. The van der Waals surface area contributed by atoms with E-state index in [1.807, 2.05) is 18.2 Å². The van der Waals surface area contributed by atoms with Crippen molar-refractivity contribution in [2.24, 2.45) is 0 Å². The van der Waals surface area contributed by atoms with Gasteiger partial charge >= 0.3 is 0 Å².